The molecule has 0 aliphatic heterocycles. The quantitative estimate of drug-likeness (QED) is 0.745. The molecule has 3 nitrogen and oxygen atoms in total. The van der Waals surface area contributed by atoms with Crippen LogP contribution >= 0.6 is 22.6 Å². The molecule has 0 bridgehead atoms. The first kappa shape index (κ1) is 16.4. The molecule has 0 aromatic heterocycles. The van der Waals surface area contributed by atoms with Crippen LogP contribution in [0.1, 0.15) is 33.1 Å². The highest BCUT2D eigenvalue weighted by molar-refractivity contribution is 14.1. The minimum absolute atomic E-state index is 0.0331. The van der Waals surface area contributed by atoms with Crippen molar-refractivity contribution in [1.29, 1.82) is 0 Å². The van der Waals surface area contributed by atoms with E-state index < -0.39 is 0 Å². The normalized spacial score (nSPS) is 13.9. The topological polar surface area (TPSA) is 55.1 Å². The van der Waals surface area contributed by atoms with Crippen LogP contribution in [0.2, 0.25) is 0 Å². The molecule has 1 rings (SSSR count). The highest BCUT2D eigenvalue weighted by atomic mass is 127. The van der Waals surface area contributed by atoms with Gasteiger partial charge in [0, 0.05) is 15.5 Å². The lowest BCUT2D eigenvalue weighted by atomic mass is 10.0. The summed E-state index contributed by atoms with van der Waals surface area (Å²) in [6.45, 7) is 3.86. The number of hydrogen-bond donors (Lipinski definition) is 2. The molecule has 1 aromatic rings. The lowest BCUT2D eigenvalue weighted by molar-refractivity contribution is -0.119. The number of nitrogens with one attached hydrogen (secondary N) is 1. The summed E-state index contributed by atoms with van der Waals surface area (Å²) in [6.07, 6.45) is 2.67. The molecule has 0 heterocycles. The number of carbonyl (C=O) groups excluding carboxylic acids is 1. The Balaban J connectivity index is 2.49. The lowest BCUT2D eigenvalue weighted by Crippen LogP contribution is -2.22. The average molecular weight is 378 g/mol. The van der Waals surface area contributed by atoms with Gasteiger partial charge in [-0.25, -0.2) is 4.39 Å². The van der Waals surface area contributed by atoms with Crippen LogP contribution < -0.4 is 11.1 Å². The van der Waals surface area contributed by atoms with Gasteiger partial charge >= 0.3 is 0 Å². The summed E-state index contributed by atoms with van der Waals surface area (Å²) in [5.74, 6) is -0.402. The highest BCUT2D eigenvalue weighted by Crippen LogP contribution is 2.20. The maximum Gasteiger partial charge on any atom is 0.227 e. The predicted octanol–water partition coefficient (Wildman–Crippen LogP) is 3.52. The van der Waals surface area contributed by atoms with Gasteiger partial charge in [-0.05, 0) is 60.6 Å². The van der Waals surface area contributed by atoms with Crippen molar-refractivity contribution in [2.45, 2.75) is 39.2 Å². The highest BCUT2D eigenvalue weighted by Gasteiger charge is 2.14. The van der Waals surface area contributed by atoms with Crippen LogP contribution in [0.25, 0.3) is 0 Å². The second kappa shape index (κ2) is 7.79. The van der Waals surface area contributed by atoms with E-state index in [9.17, 15) is 9.18 Å². The van der Waals surface area contributed by atoms with E-state index in [-0.39, 0.29) is 23.7 Å². The number of benzene rings is 1. The number of anilines is 1. The summed E-state index contributed by atoms with van der Waals surface area (Å²) >= 11 is 2.01. The Morgan fingerprint density at radius 2 is 2.11 bits per heavy atom. The van der Waals surface area contributed by atoms with E-state index in [4.69, 9.17) is 5.73 Å². The van der Waals surface area contributed by atoms with Crippen LogP contribution in [0.3, 0.4) is 0 Å². The van der Waals surface area contributed by atoms with Crippen molar-refractivity contribution in [3.8, 4) is 0 Å². The van der Waals surface area contributed by atoms with E-state index in [1.807, 2.05) is 36.4 Å². The van der Waals surface area contributed by atoms with Gasteiger partial charge in [-0.3, -0.25) is 4.79 Å². The van der Waals surface area contributed by atoms with Crippen LogP contribution in [-0.4, -0.2) is 11.9 Å². The Kier molecular flexibility index (Phi) is 6.71. The van der Waals surface area contributed by atoms with Crippen molar-refractivity contribution < 1.29 is 9.18 Å². The van der Waals surface area contributed by atoms with Gasteiger partial charge in [-0.1, -0.05) is 13.3 Å². The van der Waals surface area contributed by atoms with E-state index in [1.165, 1.54) is 12.1 Å². The third kappa shape index (κ3) is 5.86. The summed E-state index contributed by atoms with van der Waals surface area (Å²) < 4.78 is 13.7. The molecule has 1 aromatic carbocycles. The third-order valence-electron chi connectivity index (χ3n) is 2.93. The molecule has 5 heteroatoms. The molecule has 0 fully saturated rings. The monoisotopic (exact) mass is 378 g/mol. The molecule has 106 valence electrons. The Bertz CT molecular complexity index is 437. The van der Waals surface area contributed by atoms with Gasteiger partial charge in [-0.15, -0.1) is 0 Å². The van der Waals surface area contributed by atoms with E-state index in [1.54, 1.807) is 6.07 Å². The summed E-state index contributed by atoms with van der Waals surface area (Å²) in [5.41, 5.74) is 6.33. The largest absolute Gasteiger partial charge is 0.328 e. The van der Waals surface area contributed by atoms with E-state index in [0.717, 1.165) is 19.3 Å². The first-order chi connectivity index (χ1) is 8.90. The Hall–Kier alpha value is -0.690. The Morgan fingerprint density at radius 3 is 2.68 bits per heavy atom. The average Bonchev–Trinajstić information content (AvgIpc) is 2.32. The van der Waals surface area contributed by atoms with Gasteiger partial charge < -0.3 is 11.1 Å². The molecule has 0 aliphatic carbocycles. The molecule has 0 aliphatic rings. The molecular weight excluding hydrogens is 358 g/mol. The molecule has 2 atom stereocenters. The maximum atomic E-state index is 13.0. The molecule has 1 amide bonds. The second-order valence-corrected chi connectivity index (χ2v) is 6.08. The van der Waals surface area contributed by atoms with Crippen molar-refractivity contribution in [2.75, 3.05) is 5.32 Å². The zero-order chi connectivity index (χ0) is 14.4. The van der Waals surface area contributed by atoms with Gasteiger partial charge in [0.2, 0.25) is 5.91 Å². The Morgan fingerprint density at radius 1 is 1.42 bits per heavy atom. The summed E-state index contributed by atoms with van der Waals surface area (Å²) in [5, 5.41) is 2.83. The molecule has 3 N–H and O–H groups in total. The van der Waals surface area contributed by atoms with Gasteiger partial charge in [0.05, 0.1) is 5.69 Å². The maximum absolute atomic E-state index is 13.0. The lowest BCUT2D eigenvalue weighted by Gasteiger charge is -2.13. The second-order valence-electron chi connectivity index (χ2n) is 4.92. The van der Waals surface area contributed by atoms with E-state index >= 15 is 0 Å². The Labute approximate surface area is 127 Å². The zero-order valence-electron chi connectivity index (χ0n) is 11.2. The molecule has 2 unspecified atom stereocenters. The summed E-state index contributed by atoms with van der Waals surface area (Å²) in [6, 6.07) is 4.51. The predicted molar refractivity (Wildman–Crippen MR) is 84.4 cm³/mol. The van der Waals surface area contributed by atoms with Crippen LogP contribution in [-0.2, 0) is 4.79 Å². The summed E-state index contributed by atoms with van der Waals surface area (Å²) in [4.78, 5) is 12.0. The van der Waals surface area contributed by atoms with Crippen LogP contribution in [0, 0.1) is 15.3 Å². The first-order valence-electron chi connectivity index (χ1n) is 6.41. The number of carbonyl (C=O) groups is 1. The van der Waals surface area contributed by atoms with Crippen molar-refractivity contribution in [1.82, 2.24) is 0 Å². The molecule has 0 radical (unpaired) electrons. The van der Waals surface area contributed by atoms with Crippen LogP contribution in [0.4, 0.5) is 10.1 Å². The number of amides is 1. The van der Waals surface area contributed by atoms with Crippen LogP contribution in [0.5, 0.6) is 0 Å². The SMILES string of the molecule is CC(N)CCCC(C)C(=O)Nc1ccc(F)cc1I. The number of halogens is 2. The number of rotatable bonds is 6. The third-order valence-corrected chi connectivity index (χ3v) is 3.83. The van der Waals surface area contributed by atoms with Gasteiger partial charge in [0.1, 0.15) is 5.82 Å². The molecule has 19 heavy (non-hydrogen) atoms. The molecular formula is C14H20FIN2O. The van der Waals surface area contributed by atoms with Crippen molar-refractivity contribution in [2.24, 2.45) is 11.7 Å². The van der Waals surface area contributed by atoms with E-state index in [2.05, 4.69) is 5.32 Å². The first-order valence-corrected chi connectivity index (χ1v) is 7.49. The number of hydrogen-bond acceptors (Lipinski definition) is 2. The van der Waals surface area contributed by atoms with Crippen molar-refractivity contribution in [3.63, 3.8) is 0 Å². The standard InChI is InChI=1S/C14H20FIN2O/c1-9(4-3-5-10(2)17)14(19)18-13-7-6-11(15)8-12(13)16/h6-10H,3-5,17H2,1-2H3,(H,18,19). The molecule has 0 saturated heterocycles. The summed E-state index contributed by atoms with van der Waals surface area (Å²) in [7, 11) is 0. The molecule has 0 spiro atoms. The van der Waals surface area contributed by atoms with Crippen molar-refractivity contribution in [3.05, 3.63) is 27.6 Å². The zero-order valence-corrected chi connectivity index (χ0v) is 13.4. The van der Waals surface area contributed by atoms with E-state index in [0.29, 0.717) is 9.26 Å². The molecule has 0 saturated carbocycles. The fraction of sp³-hybridized carbons (Fsp3) is 0.500. The number of nitrogens with two attached hydrogens (primary N) is 1. The fourth-order valence-electron chi connectivity index (χ4n) is 1.72. The van der Waals surface area contributed by atoms with Crippen LogP contribution in [0.15, 0.2) is 18.2 Å². The fourth-order valence-corrected chi connectivity index (χ4v) is 2.34. The minimum Gasteiger partial charge on any atom is -0.328 e. The minimum atomic E-state index is -0.299. The van der Waals surface area contributed by atoms with Gasteiger partial charge in [0.25, 0.3) is 0 Å². The smallest absolute Gasteiger partial charge is 0.227 e. The van der Waals surface area contributed by atoms with Crippen molar-refractivity contribution >= 4 is 34.2 Å². The van der Waals surface area contributed by atoms with Gasteiger partial charge in [-0.2, -0.15) is 0 Å². The van der Waals surface area contributed by atoms with Gasteiger partial charge in [0.15, 0.2) is 0 Å².